The van der Waals surface area contributed by atoms with Gasteiger partial charge >= 0.3 is 6.18 Å². The van der Waals surface area contributed by atoms with E-state index in [9.17, 15) is 26.7 Å². The minimum absolute atomic E-state index is 0.267. The molecule has 9 heteroatoms. The highest BCUT2D eigenvalue weighted by Crippen LogP contribution is 2.33. The van der Waals surface area contributed by atoms with Crippen molar-refractivity contribution in [3.63, 3.8) is 0 Å². The number of hydrogen-bond acceptors (Lipinski definition) is 3. The fraction of sp³-hybridized carbons (Fsp3) is 0.538. The molecule has 0 saturated heterocycles. The van der Waals surface area contributed by atoms with Gasteiger partial charge in [-0.05, 0) is 43.9 Å². The quantitative estimate of drug-likeness (QED) is 0.874. The van der Waals surface area contributed by atoms with Crippen LogP contribution in [0.1, 0.15) is 31.2 Å². The van der Waals surface area contributed by atoms with Crippen LogP contribution in [0.2, 0.25) is 5.02 Å². The standard InChI is InChI=1S/C13H15ClF3NO3S/c14-11-6-1-8(13(15,16)17)7-12(11)22(20,21)18-9-2-4-10(19)5-3-9/h1,6-7,9-10,18-19H,2-5H2. The van der Waals surface area contributed by atoms with Crippen molar-refractivity contribution in [1.29, 1.82) is 0 Å². The maximum absolute atomic E-state index is 12.7. The molecule has 0 radical (unpaired) electrons. The van der Waals surface area contributed by atoms with E-state index >= 15 is 0 Å². The zero-order valence-corrected chi connectivity index (χ0v) is 13.0. The lowest BCUT2D eigenvalue weighted by molar-refractivity contribution is -0.137. The monoisotopic (exact) mass is 357 g/mol. The first kappa shape index (κ1) is 17.5. The van der Waals surface area contributed by atoms with Crippen LogP contribution < -0.4 is 4.72 Å². The number of aliphatic hydroxyl groups is 1. The molecule has 0 heterocycles. The van der Waals surface area contributed by atoms with Gasteiger partial charge in [0.25, 0.3) is 0 Å². The third kappa shape index (κ3) is 4.13. The largest absolute Gasteiger partial charge is 0.416 e. The van der Waals surface area contributed by atoms with Crippen molar-refractivity contribution in [3.8, 4) is 0 Å². The fourth-order valence-corrected chi connectivity index (χ4v) is 4.19. The van der Waals surface area contributed by atoms with Crippen molar-refractivity contribution < 1.29 is 26.7 Å². The summed E-state index contributed by atoms with van der Waals surface area (Å²) in [5.74, 6) is 0. The van der Waals surface area contributed by atoms with Crippen LogP contribution in [0.15, 0.2) is 23.1 Å². The first-order chi connectivity index (χ1) is 10.1. The van der Waals surface area contributed by atoms with E-state index in [1.54, 1.807) is 0 Å². The van der Waals surface area contributed by atoms with Crippen LogP contribution in [-0.4, -0.2) is 25.7 Å². The predicted molar refractivity (Wildman–Crippen MR) is 75.0 cm³/mol. The van der Waals surface area contributed by atoms with Gasteiger partial charge in [0.2, 0.25) is 10.0 Å². The summed E-state index contributed by atoms with van der Waals surface area (Å²) in [6.45, 7) is 0. The van der Waals surface area contributed by atoms with Crippen LogP contribution in [0.25, 0.3) is 0 Å². The lowest BCUT2D eigenvalue weighted by Crippen LogP contribution is -2.38. The van der Waals surface area contributed by atoms with Crippen molar-refractivity contribution in [2.75, 3.05) is 0 Å². The molecule has 1 aromatic carbocycles. The van der Waals surface area contributed by atoms with Crippen LogP contribution in [0.4, 0.5) is 13.2 Å². The van der Waals surface area contributed by atoms with Crippen LogP contribution in [-0.2, 0) is 16.2 Å². The summed E-state index contributed by atoms with van der Waals surface area (Å²) < 4.78 is 65.0. The number of alkyl halides is 3. The maximum atomic E-state index is 12.7. The molecule has 0 bridgehead atoms. The molecule has 1 fully saturated rings. The van der Waals surface area contributed by atoms with Gasteiger partial charge in [0, 0.05) is 6.04 Å². The molecule has 4 nitrogen and oxygen atoms in total. The summed E-state index contributed by atoms with van der Waals surface area (Å²) in [4.78, 5) is -0.588. The first-order valence-electron chi connectivity index (χ1n) is 6.67. The van der Waals surface area contributed by atoms with Gasteiger partial charge in [-0.2, -0.15) is 13.2 Å². The zero-order chi connectivity index (χ0) is 16.5. The molecule has 1 aromatic rings. The maximum Gasteiger partial charge on any atom is 0.416 e. The Bertz CT molecular complexity index is 640. The minimum atomic E-state index is -4.65. The Balaban J connectivity index is 2.25. The lowest BCUT2D eigenvalue weighted by Gasteiger charge is -2.26. The second kappa shape index (κ2) is 6.35. The van der Waals surface area contributed by atoms with Crippen LogP contribution >= 0.6 is 11.6 Å². The number of rotatable bonds is 3. The molecule has 0 unspecified atom stereocenters. The van der Waals surface area contributed by atoms with Gasteiger partial charge in [-0.3, -0.25) is 0 Å². The average molecular weight is 358 g/mol. The molecule has 1 aliphatic rings. The van der Waals surface area contributed by atoms with Gasteiger partial charge in [0.05, 0.1) is 16.7 Å². The van der Waals surface area contributed by atoms with Crippen molar-refractivity contribution in [1.82, 2.24) is 4.72 Å². The molecule has 2 rings (SSSR count). The van der Waals surface area contributed by atoms with E-state index in [0.717, 1.165) is 12.1 Å². The molecular weight excluding hydrogens is 343 g/mol. The van der Waals surface area contributed by atoms with Gasteiger partial charge in [-0.1, -0.05) is 11.6 Å². The highest BCUT2D eigenvalue weighted by atomic mass is 35.5. The fourth-order valence-electron chi connectivity index (χ4n) is 2.36. The summed E-state index contributed by atoms with van der Waals surface area (Å²) in [6, 6.07) is 1.77. The second-order valence-corrected chi connectivity index (χ2v) is 7.36. The summed E-state index contributed by atoms with van der Waals surface area (Å²) in [7, 11) is -4.15. The van der Waals surface area contributed by atoms with Crippen molar-refractivity contribution in [2.45, 2.75) is 48.9 Å². The van der Waals surface area contributed by atoms with E-state index in [-0.39, 0.29) is 5.02 Å². The predicted octanol–water partition coefficient (Wildman–Crippen LogP) is 2.94. The Labute approximate surface area is 131 Å². The Morgan fingerprint density at radius 2 is 1.77 bits per heavy atom. The van der Waals surface area contributed by atoms with Crippen LogP contribution in [0, 0.1) is 0 Å². The number of aliphatic hydroxyl groups excluding tert-OH is 1. The molecule has 0 aliphatic heterocycles. The number of benzene rings is 1. The van der Waals surface area contributed by atoms with Gasteiger partial charge in [0.1, 0.15) is 4.90 Å². The summed E-state index contributed by atoms with van der Waals surface area (Å²) in [5, 5.41) is 9.12. The normalized spacial score (nSPS) is 23.5. The van der Waals surface area contributed by atoms with Crippen LogP contribution in [0.3, 0.4) is 0 Å². The molecule has 1 aliphatic carbocycles. The van der Waals surface area contributed by atoms with Gasteiger partial charge < -0.3 is 5.11 Å². The number of nitrogens with one attached hydrogen (secondary N) is 1. The topological polar surface area (TPSA) is 66.4 Å². The van der Waals surface area contributed by atoms with E-state index < -0.39 is 38.8 Å². The Hall–Kier alpha value is -0.830. The van der Waals surface area contributed by atoms with E-state index in [2.05, 4.69) is 4.72 Å². The van der Waals surface area contributed by atoms with Crippen molar-refractivity contribution in [3.05, 3.63) is 28.8 Å². The molecule has 0 spiro atoms. The smallest absolute Gasteiger partial charge is 0.393 e. The van der Waals surface area contributed by atoms with E-state index in [1.165, 1.54) is 0 Å². The molecule has 0 aromatic heterocycles. The van der Waals surface area contributed by atoms with Gasteiger partial charge in [-0.25, -0.2) is 13.1 Å². The lowest BCUT2D eigenvalue weighted by atomic mass is 9.94. The van der Waals surface area contributed by atoms with Crippen molar-refractivity contribution in [2.24, 2.45) is 0 Å². The zero-order valence-electron chi connectivity index (χ0n) is 11.4. The van der Waals surface area contributed by atoms with E-state index in [1.807, 2.05) is 0 Å². The highest BCUT2D eigenvalue weighted by Gasteiger charge is 2.33. The number of sulfonamides is 1. The Kier molecular flexibility index (Phi) is 5.06. The summed E-state index contributed by atoms with van der Waals surface area (Å²) in [6.07, 6.45) is -3.36. The summed E-state index contributed by atoms with van der Waals surface area (Å²) in [5.41, 5.74) is -1.07. The Morgan fingerprint density at radius 1 is 1.18 bits per heavy atom. The SMILES string of the molecule is O=S(=O)(NC1CCC(O)CC1)c1cc(C(F)(F)F)ccc1Cl. The minimum Gasteiger partial charge on any atom is -0.393 e. The van der Waals surface area contributed by atoms with E-state index in [0.29, 0.717) is 31.7 Å². The van der Waals surface area contributed by atoms with Crippen LogP contribution in [0.5, 0.6) is 0 Å². The van der Waals surface area contributed by atoms with E-state index in [4.69, 9.17) is 11.6 Å². The van der Waals surface area contributed by atoms with Crippen molar-refractivity contribution >= 4 is 21.6 Å². The second-order valence-electron chi connectivity index (χ2n) is 5.27. The van der Waals surface area contributed by atoms with Gasteiger partial charge in [0.15, 0.2) is 0 Å². The molecule has 22 heavy (non-hydrogen) atoms. The molecule has 0 amide bonds. The number of hydrogen-bond donors (Lipinski definition) is 2. The first-order valence-corrected chi connectivity index (χ1v) is 8.53. The molecule has 0 atom stereocenters. The molecule has 124 valence electrons. The molecular formula is C13H15ClF3NO3S. The molecule has 2 N–H and O–H groups in total. The third-order valence-corrected chi connectivity index (χ3v) is 5.57. The third-order valence-electron chi connectivity index (χ3n) is 3.57. The highest BCUT2D eigenvalue weighted by molar-refractivity contribution is 7.89. The van der Waals surface area contributed by atoms with Gasteiger partial charge in [-0.15, -0.1) is 0 Å². The number of halogens is 4. The summed E-state index contributed by atoms with van der Waals surface area (Å²) >= 11 is 5.75. The molecule has 1 saturated carbocycles. The average Bonchev–Trinajstić information content (AvgIpc) is 2.40. The Morgan fingerprint density at radius 3 is 2.32 bits per heavy atom.